The van der Waals surface area contributed by atoms with Crippen LogP contribution in [0.2, 0.25) is 0 Å². The number of methoxy groups -OCH3 is 1. The fourth-order valence-corrected chi connectivity index (χ4v) is 4.46. The topological polar surface area (TPSA) is 53.0 Å². The largest absolute Gasteiger partial charge is 0.497 e. The molecule has 0 aliphatic carbocycles. The van der Waals surface area contributed by atoms with Gasteiger partial charge < -0.3 is 14.7 Å². The maximum absolute atomic E-state index is 12.9. The van der Waals surface area contributed by atoms with Gasteiger partial charge in [0.05, 0.1) is 7.11 Å². The third-order valence-corrected chi connectivity index (χ3v) is 5.74. The van der Waals surface area contributed by atoms with Crippen LogP contribution in [0.25, 0.3) is 0 Å². The lowest BCUT2D eigenvalue weighted by Crippen LogP contribution is -2.59. The van der Waals surface area contributed by atoms with Crippen molar-refractivity contribution in [2.75, 3.05) is 44.8 Å². The lowest BCUT2D eigenvalue weighted by atomic mass is 9.90. The highest BCUT2D eigenvalue weighted by atomic mass is 32.2. The van der Waals surface area contributed by atoms with E-state index < -0.39 is 5.60 Å². The van der Waals surface area contributed by atoms with E-state index in [2.05, 4.69) is 4.90 Å². The standard InChI is InChI=1S/C18H26N2O3S/c1-23-16-5-2-4-15(12-16)13-20-7-3-6-18(22,17(20)21)14-19-8-10-24-11-9-19/h2,4-5,12,22H,3,6-11,13-14H2,1H3/t18-/m0/s1. The molecule has 1 N–H and O–H groups in total. The summed E-state index contributed by atoms with van der Waals surface area (Å²) in [5, 5.41) is 11.0. The van der Waals surface area contributed by atoms with Gasteiger partial charge in [-0.25, -0.2) is 0 Å². The number of thioether (sulfide) groups is 1. The minimum Gasteiger partial charge on any atom is -0.497 e. The summed E-state index contributed by atoms with van der Waals surface area (Å²) in [5.41, 5.74) is -0.208. The van der Waals surface area contributed by atoms with Crippen LogP contribution in [0.5, 0.6) is 5.75 Å². The van der Waals surface area contributed by atoms with Crippen LogP contribution in [0.3, 0.4) is 0 Å². The summed E-state index contributed by atoms with van der Waals surface area (Å²) in [6.45, 7) is 3.59. The summed E-state index contributed by atoms with van der Waals surface area (Å²) in [6, 6.07) is 7.76. The van der Waals surface area contributed by atoms with E-state index in [0.29, 0.717) is 26.1 Å². The average Bonchev–Trinajstić information content (AvgIpc) is 2.60. The van der Waals surface area contributed by atoms with Crippen LogP contribution in [0.4, 0.5) is 0 Å². The normalized spacial score (nSPS) is 25.8. The van der Waals surface area contributed by atoms with Crippen molar-refractivity contribution in [1.82, 2.24) is 9.80 Å². The van der Waals surface area contributed by atoms with Crippen LogP contribution in [0.15, 0.2) is 24.3 Å². The van der Waals surface area contributed by atoms with E-state index in [0.717, 1.165) is 42.3 Å². The van der Waals surface area contributed by atoms with E-state index in [9.17, 15) is 9.90 Å². The Labute approximate surface area is 148 Å². The second-order valence-corrected chi connectivity index (χ2v) is 7.83. The van der Waals surface area contributed by atoms with Crippen molar-refractivity contribution >= 4 is 17.7 Å². The fraction of sp³-hybridized carbons (Fsp3) is 0.611. The molecule has 2 aliphatic rings. The van der Waals surface area contributed by atoms with Crippen LogP contribution in [0.1, 0.15) is 18.4 Å². The van der Waals surface area contributed by atoms with E-state index in [1.54, 1.807) is 12.0 Å². The highest BCUT2D eigenvalue weighted by Crippen LogP contribution is 2.27. The number of carbonyl (C=O) groups excluding carboxylic acids is 1. The Balaban J connectivity index is 1.67. The van der Waals surface area contributed by atoms with E-state index in [4.69, 9.17) is 4.74 Å². The van der Waals surface area contributed by atoms with Crippen molar-refractivity contribution in [2.45, 2.75) is 25.0 Å². The number of carbonyl (C=O) groups is 1. The number of ether oxygens (including phenoxy) is 1. The molecule has 3 rings (SSSR count). The summed E-state index contributed by atoms with van der Waals surface area (Å²) < 4.78 is 5.25. The molecule has 2 heterocycles. The van der Waals surface area contributed by atoms with Gasteiger partial charge in [-0.1, -0.05) is 12.1 Å². The highest BCUT2D eigenvalue weighted by Gasteiger charge is 2.43. The van der Waals surface area contributed by atoms with Gasteiger partial charge in [-0.05, 0) is 30.5 Å². The zero-order valence-electron chi connectivity index (χ0n) is 14.2. The molecule has 1 aromatic rings. The first-order valence-corrected chi connectivity index (χ1v) is 9.71. The smallest absolute Gasteiger partial charge is 0.256 e. The van der Waals surface area contributed by atoms with Crippen molar-refractivity contribution in [1.29, 1.82) is 0 Å². The number of hydrogen-bond acceptors (Lipinski definition) is 5. The molecule has 1 atom stereocenters. The fourth-order valence-electron chi connectivity index (χ4n) is 3.48. The Morgan fingerprint density at radius 1 is 1.29 bits per heavy atom. The predicted molar refractivity (Wildman–Crippen MR) is 96.4 cm³/mol. The van der Waals surface area contributed by atoms with Gasteiger partial charge in [-0.15, -0.1) is 0 Å². The average molecular weight is 350 g/mol. The number of rotatable bonds is 5. The zero-order chi connectivity index (χ0) is 17.0. The quantitative estimate of drug-likeness (QED) is 0.874. The third-order valence-electron chi connectivity index (χ3n) is 4.80. The van der Waals surface area contributed by atoms with Crippen LogP contribution >= 0.6 is 11.8 Å². The Hall–Kier alpha value is -1.24. The molecule has 24 heavy (non-hydrogen) atoms. The first-order valence-electron chi connectivity index (χ1n) is 8.55. The van der Waals surface area contributed by atoms with Crippen molar-refractivity contribution in [3.8, 4) is 5.75 Å². The van der Waals surface area contributed by atoms with Crippen molar-refractivity contribution < 1.29 is 14.6 Å². The maximum Gasteiger partial charge on any atom is 0.256 e. The predicted octanol–water partition coefficient (Wildman–Crippen LogP) is 1.60. The van der Waals surface area contributed by atoms with Gasteiger partial charge >= 0.3 is 0 Å². The van der Waals surface area contributed by atoms with E-state index in [1.165, 1.54) is 0 Å². The van der Waals surface area contributed by atoms with Crippen LogP contribution in [-0.2, 0) is 11.3 Å². The van der Waals surface area contributed by atoms with Crippen molar-refractivity contribution in [2.24, 2.45) is 0 Å². The van der Waals surface area contributed by atoms with Crippen LogP contribution in [-0.4, -0.2) is 71.2 Å². The number of amides is 1. The van der Waals surface area contributed by atoms with Crippen LogP contribution in [0, 0.1) is 0 Å². The summed E-state index contributed by atoms with van der Waals surface area (Å²) in [4.78, 5) is 16.9. The molecule has 0 unspecified atom stereocenters. The van der Waals surface area contributed by atoms with E-state index in [-0.39, 0.29) is 5.91 Å². The number of nitrogens with zero attached hydrogens (tertiary/aromatic N) is 2. The summed E-state index contributed by atoms with van der Waals surface area (Å²) in [5.74, 6) is 2.82. The number of hydrogen-bond donors (Lipinski definition) is 1. The van der Waals surface area contributed by atoms with Crippen molar-refractivity contribution in [3.05, 3.63) is 29.8 Å². The molecule has 0 saturated carbocycles. The number of likely N-dealkylation sites (tertiary alicyclic amines) is 1. The molecule has 2 saturated heterocycles. The molecule has 0 bridgehead atoms. The van der Waals surface area contributed by atoms with Gasteiger partial charge in [-0.2, -0.15) is 11.8 Å². The molecule has 2 aliphatic heterocycles. The molecular weight excluding hydrogens is 324 g/mol. The Morgan fingerprint density at radius 3 is 2.83 bits per heavy atom. The number of benzene rings is 1. The molecule has 5 nitrogen and oxygen atoms in total. The van der Waals surface area contributed by atoms with Gasteiger partial charge in [0.1, 0.15) is 5.75 Å². The Kier molecular flexibility index (Phi) is 5.69. The van der Waals surface area contributed by atoms with Crippen molar-refractivity contribution in [3.63, 3.8) is 0 Å². The van der Waals surface area contributed by atoms with Gasteiger partial charge in [-0.3, -0.25) is 9.69 Å². The van der Waals surface area contributed by atoms with E-state index in [1.807, 2.05) is 36.0 Å². The molecule has 1 aromatic carbocycles. The molecule has 0 aromatic heterocycles. The van der Waals surface area contributed by atoms with Gasteiger partial charge in [0.15, 0.2) is 5.60 Å². The maximum atomic E-state index is 12.9. The molecule has 0 spiro atoms. The lowest BCUT2D eigenvalue weighted by Gasteiger charge is -2.41. The zero-order valence-corrected chi connectivity index (χ0v) is 15.1. The third kappa shape index (κ3) is 4.05. The molecule has 132 valence electrons. The Morgan fingerprint density at radius 2 is 2.08 bits per heavy atom. The monoisotopic (exact) mass is 350 g/mol. The molecule has 6 heteroatoms. The molecule has 1 amide bonds. The Bertz CT molecular complexity index is 577. The summed E-state index contributed by atoms with van der Waals surface area (Å²) >= 11 is 1.94. The van der Waals surface area contributed by atoms with Gasteiger partial charge in [0.25, 0.3) is 5.91 Å². The second-order valence-electron chi connectivity index (χ2n) is 6.60. The molecule has 2 fully saturated rings. The lowest BCUT2D eigenvalue weighted by molar-refractivity contribution is -0.160. The number of aliphatic hydroxyl groups is 1. The summed E-state index contributed by atoms with van der Waals surface area (Å²) in [6.07, 6.45) is 1.40. The highest BCUT2D eigenvalue weighted by molar-refractivity contribution is 7.99. The molecular formula is C18H26N2O3S. The second kappa shape index (κ2) is 7.76. The minimum absolute atomic E-state index is 0.130. The van der Waals surface area contributed by atoms with Gasteiger partial charge in [0.2, 0.25) is 0 Å². The summed E-state index contributed by atoms with van der Waals surface area (Å²) in [7, 11) is 1.64. The first-order chi connectivity index (χ1) is 11.6. The van der Waals surface area contributed by atoms with Crippen LogP contribution < -0.4 is 4.74 Å². The first kappa shape index (κ1) is 17.6. The number of β-amino-alcohol motifs (C(OH)–C–C–N with tert-alkyl or cyclic N) is 1. The minimum atomic E-state index is -1.24. The van der Waals surface area contributed by atoms with E-state index >= 15 is 0 Å². The molecule has 0 radical (unpaired) electrons. The SMILES string of the molecule is COc1cccc(CN2CCC[C@](O)(CN3CCSCC3)C2=O)c1. The number of piperidine rings is 1. The van der Waals surface area contributed by atoms with Gasteiger partial charge in [0, 0.05) is 44.2 Å².